The zero-order valence-corrected chi connectivity index (χ0v) is 11.2. The van der Waals surface area contributed by atoms with Crippen molar-refractivity contribution in [1.82, 2.24) is 0 Å². The van der Waals surface area contributed by atoms with Gasteiger partial charge in [0.2, 0.25) is 0 Å². The summed E-state index contributed by atoms with van der Waals surface area (Å²) < 4.78 is 14.6. The Bertz CT molecular complexity index is 567. The van der Waals surface area contributed by atoms with Gasteiger partial charge in [0.05, 0.1) is 4.21 Å². The van der Waals surface area contributed by atoms with Crippen LogP contribution in [0.2, 0.25) is 0 Å². The maximum Gasteiger partial charge on any atom is 0.124 e. The standard InChI is InChI=1S/C14H11FOS2/c15-13-8-11(3-1-5-16)7-12(9-13)10-18-14-4-2-6-17-14/h2,4,6-9,16H,5,10H2. The van der Waals surface area contributed by atoms with Gasteiger partial charge in [0.15, 0.2) is 0 Å². The van der Waals surface area contributed by atoms with Crippen molar-refractivity contribution in [2.24, 2.45) is 0 Å². The van der Waals surface area contributed by atoms with Gasteiger partial charge in [-0.1, -0.05) is 17.9 Å². The van der Waals surface area contributed by atoms with Gasteiger partial charge in [0.25, 0.3) is 0 Å². The van der Waals surface area contributed by atoms with Crippen molar-refractivity contribution in [1.29, 1.82) is 0 Å². The largest absolute Gasteiger partial charge is 0.384 e. The first-order valence-corrected chi connectivity index (χ1v) is 7.20. The van der Waals surface area contributed by atoms with Crippen molar-refractivity contribution >= 4 is 23.1 Å². The number of hydrogen-bond acceptors (Lipinski definition) is 3. The lowest BCUT2D eigenvalue weighted by Crippen LogP contribution is -1.87. The second kappa shape index (κ2) is 6.60. The molecule has 0 saturated heterocycles. The first-order valence-electron chi connectivity index (χ1n) is 5.33. The van der Waals surface area contributed by atoms with Gasteiger partial charge in [-0.3, -0.25) is 0 Å². The molecule has 0 unspecified atom stereocenters. The Labute approximate surface area is 114 Å². The minimum Gasteiger partial charge on any atom is -0.384 e. The van der Waals surface area contributed by atoms with E-state index in [0.29, 0.717) is 11.3 Å². The molecule has 0 bridgehead atoms. The van der Waals surface area contributed by atoms with E-state index in [2.05, 4.69) is 11.8 Å². The van der Waals surface area contributed by atoms with Gasteiger partial charge in [-0.05, 0) is 35.2 Å². The minimum atomic E-state index is -0.290. The van der Waals surface area contributed by atoms with Gasteiger partial charge >= 0.3 is 0 Å². The predicted molar refractivity (Wildman–Crippen MR) is 74.2 cm³/mol. The molecule has 0 saturated carbocycles. The molecule has 18 heavy (non-hydrogen) atoms. The zero-order valence-electron chi connectivity index (χ0n) is 9.52. The molecule has 0 fully saturated rings. The fourth-order valence-corrected chi connectivity index (χ4v) is 3.16. The van der Waals surface area contributed by atoms with Crippen molar-refractivity contribution in [3.05, 3.63) is 52.7 Å². The molecule has 0 spiro atoms. The van der Waals surface area contributed by atoms with Crippen LogP contribution in [0, 0.1) is 17.7 Å². The topological polar surface area (TPSA) is 20.2 Å². The lowest BCUT2D eigenvalue weighted by atomic mass is 10.1. The molecule has 1 nitrogen and oxygen atoms in total. The Morgan fingerprint density at radius 1 is 1.33 bits per heavy atom. The van der Waals surface area contributed by atoms with E-state index in [4.69, 9.17) is 5.11 Å². The molecule has 0 aliphatic carbocycles. The van der Waals surface area contributed by atoms with Crippen molar-refractivity contribution in [3.8, 4) is 11.8 Å². The monoisotopic (exact) mass is 278 g/mol. The number of benzene rings is 1. The van der Waals surface area contributed by atoms with Crippen LogP contribution in [-0.2, 0) is 5.75 Å². The molecule has 2 aromatic rings. The summed E-state index contributed by atoms with van der Waals surface area (Å²) in [5.74, 6) is 5.67. The van der Waals surface area contributed by atoms with Crippen LogP contribution in [0.25, 0.3) is 0 Å². The second-order valence-electron chi connectivity index (χ2n) is 3.53. The highest BCUT2D eigenvalue weighted by Gasteiger charge is 2.01. The Morgan fingerprint density at radius 3 is 2.94 bits per heavy atom. The molecule has 4 heteroatoms. The molecule has 0 atom stereocenters. The third-order valence-corrected chi connectivity index (χ3v) is 4.35. The number of aliphatic hydroxyl groups excluding tert-OH is 1. The number of thioether (sulfide) groups is 1. The molecule has 1 aromatic heterocycles. The predicted octanol–water partition coefficient (Wildman–Crippen LogP) is 3.52. The summed E-state index contributed by atoms with van der Waals surface area (Å²) in [5, 5.41) is 10.6. The molecule has 0 aliphatic rings. The molecule has 0 amide bonds. The first kappa shape index (κ1) is 13.2. The number of rotatable bonds is 3. The highest BCUT2D eigenvalue weighted by atomic mass is 32.2. The smallest absolute Gasteiger partial charge is 0.124 e. The molecule has 92 valence electrons. The summed E-state index contributed by atoms with van der Waals surface area (Å²) in [6, 6.07) is 8.79. The van der Waals surface area contributed by atoms with Gasteiger partial charge in [-0.15, -0.1) is 23.1 Å². The van der Waals surface area contributed by atoms with E-state index in [1.54, 1.807) is 23.1 Å². The van der Waals surface area contributed by atoms with Gasteiger partial charge in [-0.2, -0.15) is 0 Å². The summed E-state index contributed by atoms with van der Waals surface area (Å²) in [7, 11) is 0. The Balaban J connectivity index is 2.10. The average Bonchev–Trinajstić information content (AvgIpc) is 2.86. The van der Waals surface area contributed by atoms with Crippen LogP contribution >= 0.6 is 23.1 Å². The highest BCUT2D eigenvalue weighted by molar-refractivity contribution is 8.00. The number of thiophene rings is 1. The molecule has 2 rings (SSSR count). The van der Waals surface area contributed by atoms with E-state index >= 15 is 0 Å². The van der Waals surface area contributed by atoms with Crippen LogP contribution in [0.5, 0.6) is 0 Å². The van der Waals surface area contributed by atoms with Gasteiger partial charge in [0.1, 0.15) is 12.4 Å². The lowest BCUT2D eigenvalue weighted by molar-refractivity contribution is 0.350. The Hall–Kier alpha value is -1.28. The number of aliphatic hydroxyl groups is 1. The van der Waals surface area contributed by atoms with Crippen LogP contribution in [-0.4, -0.2) is 11.7 Å². The third-order valence-electron chi connectivity index (χ3n) is 2.15. The van der Waals surface area contributed by atoms with E-state index in [1.165, 1.54) is 16.3 Å². The average molecular weight is 278 g/mol. The van der Waals surface area contributed by atoms with Crippen molar-refractivity contribution in [2.45, 2.75) is 9.96 Å². The highest BCUT2D eigenvalue weighted by Crippen LogP contribution is 2.27. The summed E-state index contributed by atoms with van der Waals surface area (Å²) in [6.07, 6.45) is 0. The molecule has 1 N–H and O–H groups in total. The third kappa shape index (κ3) is 3.88. The van der Waals surface area contributed by atoms with E-state index in [0.717, 1.165) is 5.56 Å². The molecular formula is C14H11FOS2. The fraction of sp³-hybridized carbons (Fsp3) is 0.143. The van der Waals surface area contributed by atoms with E-state index in [1.807, 2.05) is 23.6 Å². The number of hydrogen-bond donors (Lipinski definition) is 1. The SMILES string of the molecule is OCC#Cc1cc(F)cc(CSc2cccs2)c1. The molecular weight excluding hydrogens is 267 g/mol. The van der Waals surface area contributed by atoms with Crippen LogP contribution in [0.1, 0.15) is 11.1 Å². The van der Waals surface area contributed by atoms with Gasteiger partial charge < -0.3 is 5.11 Å². The Morgan fingerprint density at radius 2 is 2.22 bits per heavy atom. The van der Waals surface area contributed by atoms with Crippen LogP contribution in [0.15, 0.2) is 39.9 Å². The summed E-state index contributed by atoms with van der Waals surface area (Å²) in [5.41, 5.74) is 1.50. The van der Waals surface area contributed by atoms with Gasteiger partial charge in [0, 0.05) is 11.3 Å². The minimum absolute atomic E-state index is 0.213. The maximum absolute atomic E-state index is 13.4. The molecule has 0 aliphatic heterocycles. The summed E-state index contributed by atoms with van der Waals surface area (Å²) in [4.78, 5) is 0. The summed E-state index contributed by atoms with van der Waals surface area (Å²) in [6.45, 7) is -0.213. The quantitative estimate of drug-likeness (QED) is 0.684. The van der Waals surface area contributed by atoms with E-state index in [-0.39, 0.29) is 12.4 Å². The van der Waals surface area contributed by atoms with Crippen molar-refractivity contribution in [2.75, 3.05) is 6.61 Å². The lowest BCUT2D eigenvalue weighted by Gasteiger charge is -2.01. The maximum atomic E-state index is 13.4. The zero-order chi connectivity index (χ0) is 12.8. The molecule has 1 aromatic carbocycles. The summed E-state index contributed by atoms with van der Waals surface area (Å²) >= 11 is 3.35. The van der Waals surface area contributed by atoms with Gasteiger partial charge in [-0.25, -0.2) is 4.39 Å². The number of halogens is 1. The normalized spacial score (nSPS) is 9.89. The second-order valence-corrected chi connectivity index (χ2v) is 5.75. The van der Waals surface area contributed by atoms with E-state index in [9.17, 15) is 4.39 Å². The molecule has 0 radical (unpaired) electrons. The van der Waals surface area contributed by atoms with Crippen molar-refractivity contribution in [3.63, 3.8) is 0 Å². The van der Waals surface area contributed by atoms with Crippen LogP contribution in [0.3, 0.4) is 0 Å². The molecule has 1 heterocycles. The van der Waals surface area contributed by atoms with Crippen LogP contribution in [0.4, 0.5) is 4.39 Å². The van der Waals surface area contributed by atoms with E-state index < -0.39 is 0 Å². The Kier molecular flexibility index (Phi) is 4.82. The van der Waals surface area contributed by atoms with Crippen molar-refractivity contribution < 1.29 is 9.50 Å². The fourth-order valence-electron chi connectivity index (χ4n) is 1.45. The first-order chi connectivity index (χ1) is 8.78. The van der Waals surface area contributed by atoms with Crippen LogP contribution < -0.4 is 0 Å².